The molecule has 4 rings (SSSR count). The molecule has 180 valence electrons. The molecule has 35 heavy (non-hydrogen) atoms. The molecule has 5 nitrogen and oxygen atoms in total. The molecule has 1 heterocycles. The molecule has 0 aliphatic carbocycles. The lowest BCUT2D eigenvalue weighted by Gasteiger charge is -2.12. The SMILES string of the molecule is C=CCc1ccccc1OCCCCn1c(CCCNC(=O)c2ccccc2)nc2ccccc21. The number of benzene rings is 3. The van der Waals surface area contributed by atoms with Gasteiger partial charge in [-0.05, 0) is 61.6 Å². The smallest absolute Gasteiger partial charge is 0.251 e. The van der Waals surface area contributed by atoms with Crippen molar-refractivity contribution in [2.75, 3.05) is 13.2 Å². The molecular formula is C30H33N3O2. The largest absolute Gasteiger partial charge is 0.493 e. The summed E-state index contributed by atoms with van der Waals surface area (Å²) in [7, 11) is 0. The molecule has 0 unspecified atom stereocenters. The van der Waals surface area contributed by atoms with Gasteiger partial charge in [0.15, 0.2) is 0 Å². The van der Waals surface area contributed by atoms with Crippen LogP contribution in [0.4, 0.5) is 0 Å². The van der Waals surface area contributed by atoms with E-state index in [9.17, 15) is 4.79 Å². The average molecular weight is 468 g/mol. The molecular weight excluding hydrogens is 434 g/mol. The number of allylic oxidation sites excluding steroid dienone is 1. The quantitative estimate of drug-likeness (QED) is 0.194. The van der Waals surface area contributed by atoms with E-state index in [0.717, 1.165) is 61.3 Å². The van der Waals surface area contributed by atoms with Crippen molar-refractivity contribution in [3.05, 3.63) is 108 Å². The Morgan fingerprint density at radius 1 is 0.943 bits per heavy atom. The minimum atomic E-state index is -0.0335. The number of nitrogens with one attached hydrogen (secondary N) is 1. The van der Waals surface area contributed by atoms with Crippen molar-refractivity contribution in [2.45, 2.75) is 38.6 Å². The van der Waals surface area contributed by atoms with Crippen molar-refractivity contribution in [2.24, 2.45) is 0 Å². The maximum absolute atomic E-state index is 12.3. The van der Waals surface area contributed by atoms with Gasteiger partial charge in [-0.2, -0.15) is 0 Å². The number of fused-ring (bicyclic) bond motifs is 1. The lowest BCUT2D eigenvalue weighted by molar-refractivity contribution is 0.0953. The van der Waals surface area contributed by atoms with Crippen molar-refractivity contribution in [3.63, 3.8) is 0 Å². The number of rotatable bonds is 13. The van der Waals surface area contributed by atoms with Crippen molar-refractivity contribution < 1.29 is 9.53 Å². The van der Waals surface area contributed by atoms with Crippen LogP contribution in [0.1, 0.15) is 41.0 Å². The predicted octanol–water partition coefficient (Wildman–Crippen LogP) is 5.99. The van der Waals surface area contributed by atoms with E-state index in [4.69, 9.17) is 9.72 Å². The van der Waals surface area contributed by atoms with Gasteiger partial charge in [0, 0.05) is 25.1 Å². The average Bonchev–Trinajstić information content (AvgIpc) is 3.25. The summed E-state index contributed by atoms with van der Waals surface area (Å²) in [6.07, 6.45) is 6.33. The molecule has 4 aromatic rings. The van der Waals surface area contributed by atoms with Crippen LogP contribution in [-0.2, 0) is 19.4 Å². The number of amides is 1. The van der Waals surface area contributed by atoms with Gasteiger partial charge in [-0.1, -0.05) is 54.6 Å². The molecule has 0 aliphatic rings. The third kappa shape index (κ3) is 6.60. The Morgan fingerprint density at radius 2 is 1.71 bits per heavy atom. The first-order valence-electron chi connectivity index (χ1n) is 12.4. The van der Waals surface area contributed by atoms with E-state index in [1.807, 2.05) is 60.7 Å². The first kappa shape index (κ1) is 24.3. The van der Waals surface area contributed by atoms with E-state index < -0.39 is 0 Å². The van der Waals surface area contributed by atoms with Crippen LogP contribution in [0.5, 0.6) is 5.75 Å². The normalized spacial score (nSPS) is 10.9. The number of hydrogen-bond donors (Lipinski definition) is 1. The van der Waals surface area contributed by atoms with Crippen molar-refractivity contribution in [3.8, 4) is 5.75 Å². The summed E-state index contributed by atoms with van der Waals surface area (Å²) >= 11 is 0. The van der Waals surface area contributed by atoms with E-state index in [2.05, 4.69) is 40.7 Å². The van der Waals surface area contributed by atoms with E-state index >= 15 is 0 Å². The molecule has 0 aliphatic heterocycles. The van der Waals surface area contributed by atoms with Gasteiger partial charge in [0.05, 0.1) is 17.6 Å². The summed E-state index contributed by atoms with van der Waals surface area (Å²) in [5.74, 6) is 1.98. The second-order valence-corrected chi connectivity index (χ2v) is 8.55. The van der Waals surface area contributed by atoms with Crippen LogP contribution in [0.3, 0.4) is 0 Å². The Kier molecular flexibility index (Phi) is 8.71. The number of ether oxygens (including phenoxy) is 1. The summed E-state index contributed by atoms with van der Waals surface area (Å²) < 4.78 is 8.37. The molecule has 3 aromatic carbocycles. The van der Waals surface area contributed by atoms with Crippen LogP contribution in [0, 0.1) is 0 Å². The summed E-state index contributed by atoms with van der Waals surface area (Å²) in [6, 6.07) is 25.8. The van der Waals surface area contributed by atoms with Crippen LogP contribution < -0.4 is 10.1 Å². The zero-order chi connectivity index (χ0) is 24.3. The number of aromatic nitrogens is 2. The topological polar surface area (TPSA) is 56.1 Å². The Hall–Kier alpha value is -3.86. The first-order valence-corrected chi connectivity index (χ1v) is 12.4. The molecule has 0 saturated carbocycles. The van der Waals surface area contributed by atoms with Crippen LogP contribution in [0.25, 0.3) is 11.0 Å². The highest BCUT2D eigenvalue weighted by molar-refractivity contribution is 5.94. The van der Waals surface area contributed by atoms with Crippen molar-refractivity contribution in [1.29, 1.82) is 0 Å². The van der Waals surface area contributed by atoms with Gasteiger partial charge in [0.25, 0.3) is 5.91 Å². The van der Waals surface area contributed by atoms with E-state index in [0.29, 0.717) is 18.7 Å². The van der Waals surface area contributed by atoms with Crippen molar-refractivity contribution >= 4 is 16.9 Å². The molecule has 0 fully saturated rings. The molecule has 1 N–H and O–H groups in total. The van der Waals surface area contributed by atoms with E-state index in [1.54, 1.807) is 0 Å². The first-order chi connectivity index (χ1) is 17.3. The van der Waals surface area contributed by atoms with Gasteiger partial charge < -0.3 is 14.6 Å². The van der Waals surface area contributed by atoms with Crippen molar-refractivity contribution in [1.82, 2.24) is 14.9 Å². The van der Waals surface area contributed by atoms with E-state index in [1.165, 1.54) is 5.56 Å². The second kappa shape index (κ2) is 12.6. The number of hydrogen-bond acceptors (Lipinski definition) is 3. The molecule has 0 bridgehead atoms. The highest BCUT2D eigenvalue weighted by atomic mass is 16.5. The van der Waals surface area contributed by atoms with Gasteiger partial charge in [-0.3, -0.25) is 4.79 Å². The third-order valence-corrected chi connectivity index (χ3v) is 6.00. The van der Waals surface area contributed by atoms with E-state index in [-0.39, 0.29) is 5.91 Å². The summed E-state index contributed by atoms with van der Waals surface area (Å²) in [5, 5.41) is 3.01. The second-order valence-electron chi connectivity index (χ2n) is 8.55. The van der Waals surface area contributed by atoms with Crippen LogP contribution in [-0.4, -0.2) is 28.6 Å². The molecule has 0 radical (unpaired) electrons. The number of carbonyl (C=O) groups excluding carboxylic acids is 1. The Morgan fingerprint density at radius 3 is 2.57 bits per heavy atom. The number of unbranched alkanes of at least 4 members (excludes halogenated alkanes) is 1. The monoisotopic (exact) mass is 467 g/mol. The van der Waals surface area contributed by atoms with Gasteiger partial charge in [0.2, 0.25) is 0 Å². The summed E-state index contributed by atoms with van der Waals surface area (Å²) in [4.78, 5) is 17.2. The summed E-state index contributed by atoms with van der Waals surface area (Å²) in [5.41, 5.74) is 4.04. The molecule has 1 aromatic heterocycles. The number of imidazole rings is 1. The Labute approximate surface area is 207 Å². The lowest BCUT2D eigenvalue weighted by Crippen LogP contribution is -2.24. The summed E-state index contributed by atoms with van der Waals surface area (Å²) in [6.45, 7) is 6.03. The fourth-order valence-electron chi connectivity index (χ4n) is 4.23. The van der Waals surface area contributed by atoms with Crippen LogP contribution in [0.2, 0.25) is 0 Å². The molecule has 1 amide bonds. The fourth-order valence-corrected chi connectivity index (χ4v) is 4.23. The third-order valence-electron chi connectivity index (χ3n) is 6.00. The molecule has 0 saturated heterocycles. The molecule has 5 heteroatoms. The number of para-hydroxylation sites is 3. The minimum Gasteiger partial charge on any atom is -0.493 e. The number of aryl methyl sites for hydroxylation is 2. The number of carbonyl (C=O) groups is 1. The number of nitrogens with zero attached hydrogens (tertiary/aromatic N) is 2. The molecule has 0 spiro atoms. The maximum atomic E-state index is 12.3. The minimum absolute atomic E-state index is 0.0335. The molecule has 0 atom stereocenters. The maximum Gasteiger partial charge on any atom is 0.251 e. The van der Waals surface area contributed by atoms with Gasteiger partial charge in [-0.25, -0.2) is 4.98 Å². The fraction of sp³-hybridized carbons (Fsp3) is 0.267. The highest BCUT2D eigenvalue weighted by Crippen LogP contribution is 2.20. The lowest BCUT2D eigenvalue weighted by atomic mass is 10.1. The van der Waals surface area contributed by atoms with Gasteiger partial charge >= 0.3 is 0 Å². The predicted molar refractivity (Wildman–Crippen MR) is 142 cm³/mol. The highest BCUT2D eigenvalue weighted by Gasteiger charge is 2.11. The zero-order valence-electron chi connectivity index (χ0n) is 20.2. The van der Waals surface area contributed by atoms with Crippen LogP contribution in [0.15, 0.2) is 91.5 Å². The Bertz CT molecular complexity index is 1250. The van der Waals surface area contributed by atoms with Gasteiger partial charge in [-0.15, -0.1) is 6.58 Å². The van der Waals surface area contributed by atoms with Crippen LogP contribution >= 0.6 is 0 Å². The van der Waals surface area contributed by atoms with Gasteiger partial charge in [0.1, 0.15) is 11.6 Å². The Balaban J connectivity index is 1.29. The zero-order valence-corrected chi connectivity index (χ0v) is 20.2. The standard InChI is InChI=1S/C30H33N3O2/c1-2-13-24-14-6-9-19-28(24)35-23-11-10-22-33-27-18-8-7-17-26(27)32-29(33)20-12-21-31-30(34)25-15-4-3-5-16-25/h2-9,14-19H,1,10-13,20-23H2,(H,31,34).